The van der Waals surface area contributed by atoms with E-state index in [0.717, 1.165) is 17.8 Å². The molecule has 0 heterocycles. The van der Waals surface area contributed by atoms with Gasteiger partial charge in [0.25, 0.3) is 0 Å². The van der Waals surface area contributed by atoms with Gasteiger partial charge in [-0.15, -0.1) is 0 Å². The zero-order valence-electron chi connectivity index (χ0n) is 7.23. The molecular formula is C8H16N2. The molecule has 0 atom stereocenters. The average molecular weight is 140 g/mol. The van der Waals surface area contributed by atoms with Crippen LogP contribution in [0.2, 0.25) is 0 Å². The third-order valence-corrected chi connectivity index (χ3v) is 1.39. The lowest BCUT2D eigenvalue weighted by molar-refractivity contribution is 0.949. The molecule has 0 radical (unpaired) electrons. The van der Waals surface area contributed by atoms with Crippen LogP contribution in [0.25, 0.3) is 0 Å². The van der Waals surface area contributed by atoms with Crippen molar-refractivity contribution >= 4 is 6.21 Å². The standard InChI is InChI=1S/C8H16N2/c1-5-6-10-8(3)7(2)9-4/h6,9H,5H2,1-4H3/b8-7-,10-6?. The Bertz CT molecular complexity index is 145. The Balaban J connectivity index is 4.04. The third kappa shape index (κ3) is 3.28. The smallest absolute Gasteiger partial charge is 0.0554 e. The van der Waals surface area contributed by atoms with Crippen molar-refractivity contribution in [3.05, 3.63) is 11.4 Å². The molecule has 0 fully saturated rings. The van der Waals surface area contributed by atoms with Gasteiger partial charge in [0.2, 0.25) is 0 Å². The number of nitrogens with zero attached hydrogens (tertiary/aromatic N) is 1. The van der Waals surface area contributed by atoms with E-state index in [2.05, 4.69) is 17.2 Å². The van der Waals surface area contributed by atoms with Crippen molar-refractivity contribution in [2.45, 2.75) is 27.2 Å². The van der Waals surface area contributed by atoms with Gasteiger partial charge < -0.3 is 5.32 Å². The molecule has 0 aromatic carbocycles. The number of allylic oxidation sites excluding steroid dienone is 2. The second kappa shape index (κ2) is 5.03. The van der Waals surface area contributed by atoms with E-state index in [4.69, 9.17) is 0 Å². The number of hydrogen-bond donors (Lipinski definition) is 1. The van der Waals surface area contributed by atoms with Gasteiger partial charge in [-0.05, 0) is 20.3 Å². The van der Waals surface area contributed by atoms with Gasteiger partial charge >= 0.3 is 0 Å². The molecule has 0 aliphatic heterocycles. The monoisotopic (exact) mass is 140 g/mol. The normalized spacial score (nSPS) is 13.6. The van der Waals surface area contributed by atoms with Crippen LogP contribution in [0.5, 0.6) is 0 Å². The fourth-order valence-electron chi connectivity index (χ4n) is 0.506. The topological polar surface area (TPSA) is 24.4 Å². The Morgan fingerprint density at radius 2 is 2.10 bits per heavy atom. The molecule has 1 N–H and O–H groups in total. The molecule has 2 heteroatoms. The first kappa shape index (κ1) is 9.21. The minimum Gasteiger partial charge on any atom is -0.390 e. The third-order valence-electron chi connectivity index (χ3n) is 1.39. The van der Waals surface area contributed by atoms with E-state index in [9.17, 15) is 0 Å². The molecule has 0 amide bonds. The Labute approximate surface area is 63.0 Å². The number of hydrogen-bond acceptors (Lipinski definition) is 2. The van der Waals surface area contributed by atoms with Crippen molar-refractivity contribution in [1.82, 2.24) is 5.32 Å². The Morgan fingerprint density at radius 1 is 1.50 bits per heavy atom. The molecule has 0 aromatic rings. The summed E-state index contributed by atoms with van der Waals surface area (Å²) in [6.07, 6.45) is 2.91. The summed E-state index contributed by atoms with van der Waals surface area (Å²) >= 11 is 0. The molecule has 0 saturated heterocycles. The molecule has 0 aliphatic rings. The maximum Gasteiger partial charge on any atom is 0.0554 e. The average Bonchev–Trinajstić information content (AvgIpc) is 1.98. The van der Waals surface area contributed by atoms with E-state index >= 15 is 0 Å². The van der Waals surface area contributed by atoms with Crippen LogP contribution in [-0.4, -0.2) is 13.3 Å². The van der Waals surface area contributed by atoms with Crippen molar-refractivity contribution in [2.24, 2.45) is 4.99 Å². The van der Waals surface area contributed by atoms with E-state index in [0.29, 0.717) is 0 Å². The Morgan fingerprint density at radius 3 is 2.50 bits per heavy atom. The minimum atomic E-state index is 0.994. The van der Waals surface area contributed by atoms with Crippen molar-refractivity contribution in [3.8, 4) is 0 Å². The molecule has 0 spiro atoms. The van der Waals surface area contributed by atoms with Gasteiger partial charge in [0.15, 0.2) is 0 Å². The highest BCUT2D eigenvalue weighted by atomic mass is 14.9. The number of aliphatic imine (C=N–C) groups is 1. The van der Waals surface area contributed by atoms with Gasteiger partial charge in [0, 0.05) is 19.0 Å². The van der Waals surface area contributed by atoms with Crippen LogP contribution < -0.4 is 5.32 Å². The molecule has 0 aliphatic carbocycles. The van der Waals surface area contributed by atoms with Crippen LogP contribution in [0.15, 0.2) is 16.4 Å². The van der Waals surface area contributed by atoms with Crippen molar-refractivity contribution in [1.29, 1.82) is 0 Å². The highest BCUT2D eigenvalue weighted by molar-refractivity contribution is 5.58. The lowest BCUT2D eigenvalue weighted by Crippen LogP contribution is -2.03. The van der Waals surface area contributed by atoms with E-state index in [1.54, 1.807) is 0 Å². The molecule has 58 valence electrons. The maximum absolute atomic E-state index is 4.21. The largest absolute Gasteiger partial charge is 0.390 e. The van der Waals surface area contributed by atoms with Gasteiger partial charge in [-0.3, -0.25) is 4.99 Å². The summed E-state index contributed by atoms with van der Waals surface area (Å²) in [5.41, 5.74) is 2.19. The molecule has 0 rings (SSSR count). The van der Waals surface area contributed by atoms with E-state index in [1.165, 1.54) is 0 Å². The van der Waals surface area contributed by atoms with Gasteiger partial charge in [-0.1, -0.05) is 6.92 Å². The van der Waals surface area contributed by atoms with Gasteiger partial charge in [0.05, 0.1) is 5.70 Å². The van der Waals surface area contributed by atoms with Crippen molar-refractivity contribution in [2.75, 3.05) is 7.05 Å². The van der Waals surface area contributed by atoms with Gasteiger partial charge in [0.1, 0.15) is 0 Å². The van der Waals surface area contributed by atoms with Crippen molar-refractivity contribution in [3.63, 3.8) is 0 Å². The van der Waals surface area contributed by atoms with Crippen molar-refractivity contribution < 1.29 is 0 Å². The van der Waals surface area contributed by atoms with E-state index in [1.807, 2.05) is 27.1 Å². The summed E-state index contributed by atoms with van der Waals surface area (Å²) in [6, 6.07) is 0. The molecule has 2 nitrogen and oxygen atoms in total. The fourth-order valence-corrected chi connectivity index (χ4v) is 0.506. The van der Waals surface area contributed by atoms with Crippen LogP contribution >= 0.6 is 0 Å². The van der Waals surface area contributed by atoms with Crippen LogP contribution in [0, 0.1) is 0 Å². The highest BCUT2D eigenvalue weighted by Crippen LogP contribution is 1.99. The summed E-state index contributed by atoms with van der Waals surface area (Å²) in [5.74, 6) is 0. The van der Waals surface area contributed by atoms with Gasteiger partial charge in [-0.25, -0.2) is 0 Å². The zero-order chi connectivity index (χ0) is 7.98. The second-order valence-electron chi connectivity index (χ2n) is 2.18. The van der Waals surface area contributed by atoms with Gasteiger partial charge in [-0.2, -0.15) is 0 Å². The fraction of sp³-hybridized carbons (Fsp3) is 0.625. The number of nitrogens with one attached hydrogen (secondary N) is 1. The molecule has 0 aromatic heterocycles. The van der Waals surface area contributed by atoms with E-state index in [-0.39, 0.29) is 0 Å². The summed E-state index contributed by atoms with van der Waals surface area (Å²) < 4.78 is 0. The maximum atomic E-state index is 4.21. The summed E-state index contributed by atoms with van der Waals surface area (Å²) in [7, 11) is 1.90. The quantitative estimate of drug-likeness (QED) is 0.595. The first-order chi connectivity index (χ1) is 4.72. The van der Waals surface area contributed by atoms with E-state index < -0.39 is 0 Å². The summed E-state index contributed by atoms with van der Waals surface area (Å²) in [5, 5.41) is 3.04. The van der Waals surface area contributed by atoms with Crippen LogP contribution in [0.4, 0.5) is 0 Å². The second-order valence-corrected chi connectivity index (χ2v) is 2.18. The van der Waals surface area contributed by atoms with Crippen LogP contribution in [-0.2, 0) is 0 Å². The molecule has 0 saturated carbocycles. The lowest BCUT2D eigenvalue weighted by atomic mass is 10.4. The SMILES string of the molecule is CCC=N/C(C)=C(/C)NC. The first-order valence-electron chi connectivity index (χ1n) is 3.60. The predicted molar refractivity (Wildman–Crippen MR) is 46.2 cm³/mol. The summed E-state index contributed by atoms with van der Waals surface area (Å²) in [6.45, 7) is 6.09. The summed E-state index contributed by atoms with van der Waals surface area (Å²) in [4.78, 5) is 4.21. The Kier molecular flexibility index (Phi) is 4.63. The zero-order valence-corrected chi connectivity index (χ0v) is 7.23. The predicted octanol–water partition coefficient (Wildman–Crippen LogP) is 1.94. The number of rotatable bonds is 3. The first-order valence-corrected chi connectivity index (χ1v) is 3.60. The molecule has 0 bridgehead atoms. The molecule has 10 heavy (non-hydrogen) atoms. The lowest BCUT2D eigenvalue weighted by Gasteiger charge is -2.00. The Hall–Kier alpha value is -0.790. The van der Waals surface area contributed by atoms with Crippen LogP contribution in [0.3, 0.4) is 0 Å². The molecule has 0 unspecified atom stereocenters. The van der Waals surface area contributed by atoms with Crippen LogP contribution in [0.1, 0.15) is 27.2 Å². The highest BCUT2D eigenvalue weighted by Gasteiger charge is 1.87. The minimum absolute atomic E-state index is 0.994. The molecular weight excluding hydrogens is 124 g/mol.